The summed E-state index contributed by atoms with van der Waals surface area (Å²) in [5, 5.41) is 0. The van der Waals surface area contributed by atoms with Gasteiger partial charge in [0.25, 0.3) is 10.0 Å². The Hall–Kier alpha value is -2.14. The van der Waals surface area contributed by atoms with E-state index in [4.69, 9.17) is 0 Å². The number of nitrogens with zero attached hydrogens (tertiary/aromatic N) is 2. The fraction of sp³-hybridized carbons (Fsp3) is 0.235. The Labute approximate surface area is 130 Å². The van der Waals surface area contributed by atoms with Gasteiger partial charge in [-0.3, -0.25) is 0 Å². The van der Waals surface area contributed by atoms with Crippen LogP contribution in [0.4, 0.5) is 0 Å². The number of imidazole rings is 1. The third-order valence-electron chi connectivity index (χ3n) is 4.00. The largest absolute Gasteiger partial charge is 0.269 e. The van der Waals surface area contributed by atoms with Crippen molar-refractivity contribution < 1.29 is 8.42 Å². The Morgan fingerprint density at radius 3 is 2.27 bits per heavy atom. The predicted molar refractivity (Wildman–Crippen MR) is 87.7 cm³/mol. The van der Waals surface area contributed by atoms with E-state index in [1.165, 1.54) is 10.3 Å². The molecule has 3 rings (SSSR count). The Balaban J connectivity index is 2.28. The maximum absolute atomic E-state index is 13.0. The van der Waals surface area contributed by atoms with Gasteiger partial charge in [0.05, 0.1) is 15.9 Å². The van der Waals surface area contributed by atoms with Crippen LogP contribution in [0, 0.1) is 27.7 Å². The van der Waals surface area contributed by atoms with Crippen molar-refractivity contribution in [2.45, 2.75) is 32.6 Å². The minimum atomic E-state index is -3.65. The van der Waals surface area contributed by atoms with Gasteiger partial charge in [-0.2, -0.15) is 0 Å². The van der Waals surface area contributed by atoms with Crippen molar-refractivity contribution in [2.24, 2.45) is 0 Å². The first kappa shape index (κ1) is 14.8. The molecule has 0 saturated carbocycles. The molecule has 0 spiro atoms. The molecule has 0 aliphatic heterocycles. The minimum absolute atomic E-state index is 0.315. The quantitative estimate of drug-likeness (QED) is 0.727. The van der Waals surface area contributed by atoms with E-state index >= 15 is 0 Å². The van der Waals surface area contributed by atoms with E-state index in [0.717, 1.165) is 22.3 Å². The van der Waals surface area contributed by atoms with Gasteiger partial charge in [-0.1, -0.05) is 17.7 Å². The fourth-order valence-corrected chi connectivity index (χ4v) is 4.12. The molecule has 0 N–H and O–H groups in total. The summed E-state index contributed by atoms with van der Waals surface area (Å²) in [6.07, 6.45) is 1.39. The number of aryl methyl sites for hydroxylation is 4. The van der Waals surface area contributed by atoms with Gasteiger partial charge in [-0.25, -0.2) is 17.4 Å². The lowest BCUT2D eigenvalue weighted by atomic mass is 10.1. The van der Waals surface area contributed by atoms with Gasteiger partial charge in [-0.05, 0) is 62.6 Å². The van der Waals surface area contributed by atoms with E-state index in [1.54, 1.807) is 6.07 Å². The lowest BCUT2D eigenvalue weighted by molar-refractivity contribution is 0.588. The van der Waals surface area contributed by atoms with Crippen molar-refractivity contribution in [1.82, 2.24) is 8.96 Å². The van der Waals surface area contributed by atoms with Crippen LogP contribution in [0.2, 0.25) is 0 Å². The number of fused-ring (bicyclic) bond motifs is 1. The molecule has 0 saturated heterocycles. The zero-order valence-corrected chi connectivity index (χ0v) is 13.9. The summed E-state index contributed by atoms with van der Waals surface area (Å²) >= 11 is 0. The van der Waals surface area contributed by atoms with Crippen LogP contribution in [0.1, 0.15) is 22.3 Å². The first-order chi connectivity index (χ1) is 10.3. The molecule has 2 aromatic carbocycles. The molecule has 0 aliphatic rings. The zero-order chi connectivity index (χ0) is 16.1. The van der Waals surface area contributed by atoms with Gasteiger partial charge < -0.3 is 0 Å². The summed E-state index contributed by atoms with van der Waals surface area (Å²) in [6.45, 7) is 7.72. The van der Waals surface area contributed by atoms with Crippen LogP contribution in [0.25, 0.3) is 11.0 Å². The van der Waals surface area contributed by atoms with Crippen molar-refractivity contribution in [3.63, 3.8) is 0 Å². The molecule has 1 heterocycles. The van der Waals surface area contributed by atoms with Gasteiger partial charge in [0.2, 0.25) is 0 Å². The van der Waals surface area contributed by atoms with Crippen LogP contribution < -0.4 is 0 Å². The van der Waals surface area contributed by atoms with E-state index in [-0.39, 0.29) is 0 Å². The van der Waals surface area contributed by atoms with Crippen molar-refractivity contribution in [3.8, 4) is 0 Å². The lowest BCUT2D eigenvalue weighted by Crippen LogP contribution is -2.13. The monoisotopic (exact) mass is 314 g/mol. The Morgan fingerprint density at radius 2 is 1.59 bits per heavy atom. The molecule has 0 unspecified atom stereocenters. The van der Waals surface area contributed by atoms with Crippen LogP contribution in [0.5, 0.6) is 0 Å². The molecule has 0 atom stereocenters. The second-order valence-electron chi connectivity index (χ2n) is 5.74. The zero-order valence-electron chi connectivity index (χ0n) is 13.1. The molecule has 0 amide bonds. The molecule has 5 heteroatoms. The molecule has 0 radical (unpaired) electrons. The lowest BCUT2D eigenvalue weighted by Gasteiger charge is -2.10. The van der Waals surface area contributed by atoms with Crippen LogP contribution in [0.15, 0.2) is 41.6 Å². The molecule has 22 heavy (non-hydrogen) atoms. The summed E-state index contributed by atoms with van der Waals surface area (Å²) in [5.74, 6) is 0. The van der Waals surface area contributed by atoms with Gasteiger partial charge in [-0.15, -0.1) is 0 Å². The normalized spacial score (nSPS) is 12.0. The molecule has 0 bridgehead atoms. The topological polar surface area (TPSA) is 52.0 Å². The second-order valence-corrected chi connectivity index (χ2v) is 7.52. The van der Waals surface area contributed by atoms with E-state index in [1.807, 2.05) is 52.0 Å². The van der Waals surface area contributed by atoms with Crippen molar-refractivity contribution in [1.29, 1.82) is 0 Å². The second kappa shape index (κ2) is 4.95. The van der Waals surface area contributed by atoms with E-state index in [0.29, 0.717) is 15.9 Å². The molecule has 4 nitrogen and oxygen atoms in total. The summed E-state index contributed by atoms with van der Waals surface area (Å²) in [5.41, 5.74) is 5.23. The maximum Gasteiger partial charge on any atom is 0.269 e. The molecule has 0 aliphatic carbocycles. The summed E-state index contributed by atoms with van der Waals surface area (Å²) < 4.78 is 27.2. The van der Waals surface area contributed by atoms with E-state index in [2.05, 4.69) is 4.98 Å². The van der Waals surface area contributed by atoms with Crippen molar-refractivity contribution in [3.05, 3.63) is 58.9 Å². The van der Waals surface area contributed by atoms with Gasteiger partial charge >= 0.3 is 0 Å². The van der Waals surface area contributed by atoms with E-state index in [9.17, 15) is 8.42 Å². The first-order valence-corrected chi connectivity index (χ1v) is 8.52. The van der Waals surface area contributed by atoms with Crippen LogP contribution in [-0.4, -0.2) is 17.4 Å². The fourth-order valence-electron chi connectivity index (χ4n) is 2.63. The summed E-state index contributed by atoms with van der Waals surface area (Å²) in [7, 11) is -3.65. The molecular weight excluding hydrogens is 296 g/mol. The van der Waals surface area contributed by atoms with Crippen molar-refractivity contribution >= 4 is 21.1 Å². The Kier molecular flexibility index (Phi) is 3.33. The number of benzene rings is 2. The molecule has 114 valence electrons. The molecule has 1 aromatic heterocycles. The SMILES string of the molecule is Cc1ccc(S(=O)(=O)n2cnc3cc(C)c(C)cc32)c(C)c1. The predicted octanol–water partition coefficient (Wildman–Crippen LogP) is 3.51. The van der Waals surface area contributed by atoms with Gasteiger partial charge in [0.15, 0.2) is 0 Å². The van der Waals surface area contributed by atoms with Crippen LogP contribution in [0.3, 0.4) is 0 Å². The smallest absolute Gasteiger partial charge is 0.236 e. The minimum Gasteiger partial charge on any atom is -0.236 e. The van der Waals surface area contributed by atoms with Gasteiger partial charge in [0, 0.05) is 0 Å². The average Bonchev–Trinajstić information content (AvgIpc) is 2.82. The highest BCUT2D eigenvalue weighted by Gasteiger charge is 2.21. The molecule has 0 fully saturated rings. The standard InChI is InChI=1S/C17H18N2O2S/c1-11-5-6-17(14(4)7-11)22(20,21)19-10-18-15-8-12(2)13(3)9-16(15)19/h5-10H,1-4H3. The third kappa shape index (κ3) is 2.22. The number of hydrogen-bond donors (Lipinski definition) is 0. The maximum atomic E-state index is 13.0. The highest BCUT2D eigenvalue weighted by atomic mass is 32.2. The Bertz CT molecular complexity index is 985. The molecule has 3 aromatic rings. The summed E-state index contributed by atoms with van der Waals surface area (Å²) in [6, 6.07) is 9.14. The van der Waals surface area contributed by atoms with Gasteiger partial charge in [0.1, 0.15) is 6.33 Å². The van der Waals surface area contributed by atoms with Crippen molar-refractivity contribution in [2.75, 3.05) is 0 Å². The highest BCUT2D eigenvalue weighted by Crippen LogP contribution is 2.25. The number of hydrogen-bond acceptors (Lipinski definition) is 3. The van der Waals surface area contributed by atoms with Crippen LogP contribution >= 0.6 is 0 Å². The molecular formula is C17H18N2O2S. The average molecular weight is 314 g/mol. The van der Waals surface area contributed by atoms with E-state index < -0.39 is 10.0 Å². The third-order valence-corrected chi connectivity index (χ3v) is 5.82. The summed E-state index contributed by atoms with van der Waals surface area (Å²) in [4.78, 5) is 4.56. The van der Waals surface area contributed by atoms with Crippen LogP contribution in [-0.2, 0) is 10.0 Å². The number of rotatable bonds is 2. The first-order valence-electron chi connectivity index (χ1n) is 7.08. The Morgan fingerprint density at radius 1 is 0.909 bits per heavy atom. The highest BCUT2D eigenvalue weighted by molar-refractivity contribution is 7.90. The number of aromatic nitrogens is 2.